The van der Waals surface area contributed by atoms with Crippen LogP contribution in [0.5, 0.6) is 0 Å². The van der Waals surface area contributed by atoms with Gasteiger partial charge in [0.1, 0.15) is 5.82 Å². The summed E-state index contributed by atoms with van der Waals surface area (Å²) in [5, 5.41) is 15.2. The molecule has 7 heteroatoms. The van der Waals surface area contributed by atoms with Crippen LogP contribution in [-0.2, 0) is 24.2 Å². The van der Waals surface area contributed by atoms with Crippen molar-refractivity contribution in [3.63, 3.8) is 0 Å². The van der Waals surface area contributed by atoms with E-state index in [0.29, 0.717) is 13.2 Å². The van der Waals surface area contributed by atoms with Gasteiger partial charge in [-0.3, -0.25) is 4.99 Å². The van der Waals surface area contributed by atoms with Gasteiger partial charge in [0, 0.05) is 33.2 Å². The first kappa shape index (κ1) is 15.8. The van der Waals surface area contributed by atoms with Crippen LogP contribution in [0.25, 0.3) is 0 Å². The Bertz CT molecular complexity index is 470. The van der Waals surface area contributed by atoms with Crippen LogP contribution < -0.4 is 10.6 Å². The lowest BCUT2D eigenvalue weighted by Crippen LogP contribution is -2.43. The Kier molecular flexibility index (Phi) is 5.98. The first-order chi connectivity index (χ1) is 10.2. The molecule has 0 saturated heterocycles. The third-order valence-electron chi connectivity index (χ3n) is 3.62. The predicted octanol–water partition coefficient (Wildman–Crippen LogP) is 0.704. The molecule has 1 aromatic heterocycles. The molecule has 1 atom stereocenters. The smallest absolute Gasteiger partial charge is 0.191 e. The van der Waals surface area contributed by atoms with Crippen LogP contribution in [0.3, 0.4) is 0 Å². The minimum atomic E-state index is 0.205. The molecule has 0 spiro atoms. The summed E-state index contributed by atoms with van der Waals surface area (Å²) in [6, 6.07) is 0.205. The van der Waals surface area contributed by atoms with E-state index in [2.05, 4.69) is 37.3 Å². The molecule has 1 aliphatic heterocycles. The second-order valence-electron chi connectivity index (χ2n) is 5.42. The van der Waals surface area contributed by atoms with E-state index in [-0.39, 0.29) is 6.04 Å². The zero-order valence-corrected chi connectivity index (χ0v) is 13.2. The summed E-state index contributed by atoms with van der Waals surface area (Å²) >= 11 is 0. The fourth-order valence-corrected chi connectivity index (χ4v) is 2.56. The number of guanidine groups is 1. The molecule has 1 unspecified atom stereocenters. The van der Waals surface area contributed by atoms with Crippen molar-refractivity contribution < 1.29 is 4.74 Å². The van der Waals surface area contributed by atoms with Gasteiger partial charge in [-0.1, -0.05) is 6.42 Å². The molecule has 2 heterocycles. The van der Waals surface area contributed by atoms with Crippen LogP contribution >= 0.6 is 0 Å². The number of ether oxygens (including phenoxy) is 1. The molecule has 0 aromatic carbocycles. The first-order valence-corrected chi connectivity index (χ1v) is 7.61. The molecule has 0 bridgehead atoms. The lowest BCUT2D eigenvalue weighted by molar-refractivity contribution is 0.179. The second kappa shape index (κ2) is 7.97. The molecule has 0 radical (unpaired) electrons. The van der Waals surface area contributed by atoms with Crippen molar-refractivity contribution in [3.8, 4) is 0 Å². The van der Waals surface area contributed by atoms with Gasteiger partial charge < -0.3 is 19.9 Å². The van der Waals surface area contributed by atoms with Crippen LogP contribution in [0, 0.1) is 0 Å². The normalized spacial score (nSPS) is 17.0. The molecule has 2 rings (SSSR count). The number of nitrogens with zero attached hydrogens (tertiary/aromatic N) is 4. The van der Waals surface area contributed by atoms with E-state index < -0.39 is 0 Å². The van der Waals surface area contributed by atoms with Gasteiger partial charge in [-0.05, 0) is 19.8 Å². The Hall–Kier alpha value is -1.63. The fraction of sp³-hybridized carbons (Fsp3) is 0.786. The maximum absolute atomic E-state index is 5.12. The molecule has 0 aliphatic carbocycles. The van der Waals surface area contributed by atoms with Gasteiger partial charge in [-0.2, -0.15) is 0 Å². The van der Waals surface area contributed by atoms with E-state index in [9.17, 15) is 0 Å². The third-order valence-corrected chi connectivity index (χ3v) is 3.62. The second-order valence-corrected chi connectivity index (χ2v) is 5.42. The number of aromatic nitrogens is 3. The Morgan fingerprint density at radius 1 is 1.38 bits per heavy atom. The molecular formula is C14H26N6O. The Morgan fingerprint density at radius 2 is 2.24 bits per heavy atom. The molecule has 1 aliphatic rings. The summed E-state index contributed by atoms with van der Waals surface area (Å²) in [5.74, 6) is 2.85. The number of aliphatic imine (C=N–C) groups is 1. The van der Waals surface area contributed by atoms with Crippen LogP contribution in [0.4, 0.5) is 0 Å². The number of hydrogen-bond acceptors (Lipinski definition) is 4. The van der Waals surface area contributed by atoms with Gasteiger partial charge in [-0.15, -0.1) is 10.2 Å². The monoisotopic (exact) mass is 294 g/mol. The summed E-state index contributed by atoms with van der Waals surface area (Å²) in [4.78, 5) is 4.22. The van der Waals surface area contributed by atoms with Crippen LogP contribution in [-0.4, -0.2) is 47.5 Å². The van der Waals surface area contributed by atoms with Crippen molar-refractivity contribution in [2.24, 2.45) is 4.99 Å². The van der Waals surface area contributed by atoms with Crippen molar-refractivity contribution in [3.05, 3.63) is 11.6 Å². The van der Waals surface area contributed by atoms with E-state index in [4.69, 9.17) is 4.74 Å². The molecular weight excluding hydrogens is 268 g/mol. The number of rotatable bonds is 5. The van der Waals surface area contributed by atoms with Gasteiger partial charge in [0.05, 0.1) is 13.2 Å². The summed E-state index contributed by atoms with van der Waals surface area (Å²) in [5.41, 5.74) is 0. The SMILES string of the molecule is CN=C(NCc1nnc2n1CCCCC2)NC(C)COC. The number of nitrogens with one attached hydrogen (secondary N) is 2. The van der Waals surface area contributed by atoms with Crippen molar-refractivity contribution in [2.45, 2.75) is 51.7 Å². The molecule has 0 saturated carbocycles. The lowest BCUT2D eigenvalue weighted by atomic mass is 10.2. The fourth-order valence-electron chi connectivity index (χ4n) is 2.56. The van der Waals surface area contributed by atoms with E-state index in [1.165, 1.54) is 19.3 Å². The Labute approximate surface area is 126 Å². The summed E-state index contributed by atoms with van der Waals surface area (Å²) in [6.07, 6.45) is 4.72. The van der Waals surface area contributed by atoms with Crippen molar-refractivity contribution in [2.75, 3.05) is 20.8 Å². The minimum absolute atomic E-state index is 0.205. The van der Waals surface area contributed by atoms with Gasteiger partial charge in [0.15, 0.2) is 11.8 Å². The quantitative estimate of drug-likeness (QED) is 0.618. The molecule has 21 heavy (non-hydrogen) atoms. The van der Waals surface area contributed by atoms with Gasteiger partial charge in [-0.25, -0.2) is 0 Å². The minimum Gasteiger partial charge on any atom is -0.383 e. The van der Waals surface area contributed by atoms with E-state index >= 15 is 0 Å². The number of hydrogen-bond donors (Lipinski definition) is 2. The Morgan fingerprint density at radius 3 is 3.00 bits per heavy atom. The van der Waals surface area contributed by atoms with Crippen LogP contribution in [0.15, 0.2) is 4.99 Å². The van der Waals surface area contributed by atoms with E-state index in [1.807, 2.05) is 0 Å². The summed E-state index contributed by atoms with van der Waals surface area (Å²) in [6.45, 7) is 4.35. The van der Waals surface area contributed by atoms with Crippen LogP contribution in [0.1, 0.15) is 37.8 Å². The third kappa shape index (κ3) is 4.42. The van der Waals surface area contributed by atoms with E-state index in [0.717, 1.165) is 30.6 Å². The summed E-state index contributed by atoms with van der Waals surface area (Å²) in [7, 11) is 3.46. The zero-order chi connectivity index (χ0) is 15.1. The lowest BCUT2D eigenvalue weighted by Gasteiger charge is -2.17. The van der Waals surface area contributed by atoms with Crippen molar-refractivity contribution in [1.82, 2.24) is 25.4 Å². The largest absolute Gasteiger partial charge is 0.383 e. The molecule has 118 valence electrons. The van der Waals surface area contributed by atoms with Gasteiger partial charge in [0.2, 0.25) is 0 Å². The molecule has 0 fully saturated rings. The standard InChI is InChI=1S/C14H26N6O/c1-11(10-21-3)17-14(15-2)16-9-13-19-18-12-7-5-4-6-8-20(12)13/h11H,4-10H2,1-3H3,(H2,15,16,17). The summed E-state index contributed by atoms with van der Waals surface area (Å²) < 4.78 is 7.36. The highest BCUT2D eigenvalue weighted by atomic mass is 16.5. The Balaban J connectivity index is 1.91. The molecule has 7 nitrogen and oxygen atoms in total. The molecule has 2 N–H and O–H groups in total. The number of fused-ring (bicyclic) bond motifs is 1. The number of aryl methyl sites for hydroxylation is 1. The van der Waals surface area contributed by atoms with Gasteiger partial charge in [0.25, 0.3) is 0 Å². The first-order valence-electron chi connectivity index (χ1n) is 7.61. The van der Waals surface area contributed by atoms with Crippen LogP contribution in [0.2, 0.25) is 0 Å². The average Bonchev–Trinajstić information content (AvgIpc) is 2.70. The van der Waals surface area contributed by atoms with Crippen molar-refractivity contribution >= 4 is 5.96 Å². The maximum Gasteiger partial charge on any atom is 0.191 e. The highest BCUT2D eigenvalue weighted by Gasteiger charge is 2.15. The average molecular weight is 294 g/mol. The topological polar surface area (TPSA) is 76.4 Å². The number of methoxy groups -OCH3 is 1. The predicted molar refractivity (Wildman–Crippen MR) is 82.2 cm³/mol. The maximum atomic E-state index is 5.12. The van der Waals surface area contributed by atoms with Crippen molar-refractivity contribution in [1.29, 1.82) is 0 Å². The molecule has 0 amide bonds. The van der Waals surface area contributed by atoms with Gasteiger partial charge >= 0.3 is 0 Å². The van der Waals surface area contributed by atoms with E-state index in [1.54, 1.807) is 14.2 Å². The highest BCUT2D eigenvalue weighted by Crippen LogP contribution is 2.14. The highest BCUT2D eigenvalue weighted by molar-refractivity contribution is 5.79. The zero-order valence-electron chi connectivity index (χ0n) is 13.2. The molecule has 1 aromatic rings.